The van der Waals surface area contributed by atoms with Gasteiger partial charge in [-0.2, -0.15) is 8.78 Å². The van der Waals surface area contributed by atoms with Crippen LogP contribution in [-0.4, -0.2) is 41.5 Å². The standard InChI is InChI=1S/C20H20F2N2O3S/c1-3-15-12-28-20(23-14-7-9-16(26-2)10-8-14)24(15)18(25)13-5-4-6-17(11-13)27-19(21)22/h4-11,15,19H,3,12H2,1-2H3/t15-/m0/s1. The third kappa shape index (κ3) is 4.62. The zero-order chi connectivity index (χ0) is 20.1. The Morgan fingerprint density at radius 2 is 2.00 bits per heavy atom. The second-order valence-corrected chi connectivity index (χ2v) is 7.03. The van der Waals surface area contributed by atoms with Gasteiger partial charge in [-0.05, 0) is 48.9 Å². The Hall–Kier alpha value is -2.61. The summed E-state index contributed by atoms with van der Waals surface area (Å²) in [5.41, 5.74) is 0.981. The largest absolute Gasteiger partial charge is 0.497 e. The molecule has 0 radical (unpaired) electrons. The number of ether oxygens (including phenoxy) is 2. The molecule has 1 atom stereocenters. The van der Waals surface area contributed by atoms with Crippen LogP contribution in [-0.2, 0) is 0 Å². The molecule has 1 aliphatic heterocycles. The Balaban J connectivity index is 1.89. The number of alkyl halides is 2. The first kappa shape index (κ1) is 20.1. The number of benzene rings is 2. The molecule has 3 rings (SSSR count). The summed E-state index contributed by atoms with van der Waals surface area (Å²) in [6.45, 7) is -0.943. The van der Waals surface area contributed by atoms with Crippen LogP contribution in [0.2, 0.25) is 0 Å². The first-order valence-electron chi connectivity index (χ1n) is 8.75. The number of hydrogen-bond acceptors (Lipinski definition) is 5. The number of methoxy groups -OCH3 is 1. The van der Waals surface area contributed by atoms with Crippen molar-refractivity contribution in [1.82, 2.24) is 4.90 Å². The van der Waals surface area contributed by atoms with Crippen LogP contribution in [0.25, 0.3) is 0 Å². The fourth-order valence-corrected chi connectivity index (χ4v) is 4.09. The molecule has 1 heterocycles. The van der Waals surface area contributed by atoms with Gasteiger partial charge in [-0.1, -0.05) is 24.8 Å². The summed E-state index contributed by atoms with van der Waals surface area (Å²) >= 11 is 1.50. The van der Waals surface area contributed by atoms with Gasteiger partial charge in [0.15, 0.2) is 5.17 Å². The van der Waals surface area contributed by atoms with Crippen molar-refractivity contribution in [3.05, 3.63) is 54.1 Å². The van der Waals surface area contributed by atoms with Crippen molar-refractivity contribution < 1.29 is 23.0 Å². The van der Waals surface area contributed by atoms with Gasteiger partial charge in [0, 0.05) is 17.4 Å². The predicted octanol–water partition coefficient (Wildman–Crippen LogP) is 4.95. The van der Waals surface area contributed by atoms with Crippen LogP contribution in [0.4, 0.5) is 14.5 Å². The summed E-state index contributed by atoms with van der Waals surface area (Å²) in [4.78, 5) is 19.4. The maximum absolute atomic E-state index is 13.1. The lowest BCUT2D eigenvalue weighted by Gasteiger charge is -2.23. The molecule has 28 heavy (non-hydrogen) atoms. The molecule has 5 nitrogen and oxygen atoms in total. The summed E-state index contributed by atoms with van der Waals surface area (Å²) in [5.74, 6) is 1.11. The summed E-state index contributed by atoms with van der Waals surface area (Å²) in [7, 11) is 1.59. The Bertz CT molecular complexity index is 859. The Morgan fingerprint density at radius 1 is 1.25 bits per heavy atom. The third-order valence-electron chi connectivity index (χ3n) is 4.27. The molecule has 0 aliphatic carbocycles. The van der Waals surface area contributed by atoms with Crippen molar-refractivity contribution >= 4 is 28.5 Å². The number of amides is 1. The molecule has 0 aromatic heterocycles. The number of carbonyl (C=O) groups is 1. The Morgan fingerprint density at radius 3 is 2.64 bits per heavy atom. The topological polar surface area (TPSA) is 51.1 Å². The molecule has 1 saturated heterocycles. The fraction of sp³-hybridized carbons (Fsp3) is 0.300. The van der Waals surface area contributed by atoms with Crippen LogP contribution in [0.1, 0.15) is 23.7 Å². The lowest BCUT2D eigenvalue weighted by molar-refractivity contribution is -0.0499. The highest BCUT2D eigenvalue weighted by atomic mass is 32.2. The summed E-state index contributed by atoms with van der Waals surface area (Å²) in [6.07, 6.45) is 0.758. The van der Waals surface area contributed by atoms with Crippen molar-refractivity contribution in [1.29, 1.82) is 0 Å². The number of hydrogen-bond donors (Lipinski definition) is 0. The average Bonchev–Trinajstić information content (AvgIpc) is 3.10. The third-order valence-corrected chi connectivity index (χ3v) is 5.37. The second-order valence-electron chi connectivity index (χ2n) is 6.05. The van der Waals surface area contributed by atoms with Crippen LogP contribution in [0, 0.1) is 0 Å². The van der Waals surface area contributed by atoms with E-state index in [1.54, 1.807) is 30.2 Å². The first-order chi connectivity index (χ1) is 13.5. The minimum Gasteiger partial charge on any atom is -0.497 e. The van der Waals surface area contributed by atoms with E-state index in [1.165, 1.54) is 30.0 Å². The number of nitrogens with zero attached hydrogens (tertiary/aromatic N) is 2. The smallest absolute Gasteiger partial charge is 0.387 e. The number of rotatable bonds is 6. The monoisotopic (exact) mass is 406 g/mol. The summed E-state index contributed by atoms with van der Waals surface area (Å²) in [6, 6.07) is 13.0. The van der Waals surface area contributed by atoms with Gasteiger partial charge in [0.25, 0.3) is 5.91 Å². The SMILES string of the molecule is CC[C@H]1CSC(=Nc2ccc(OC)cc2)N1C(=O)c1cccc(OC(F)F)c1. The highest BCUT2D eigenvalue weighted by Gasteiger charge is 2.34. The Kier molecular flexibility index (Phi) is 6.51. The molecule has 1 fully saturated rings. The van der Waals surface area contributed by atoms with E-state index < -0.39 is 6.61 Å². The number of carbonyl (C=O) groups excluding carboxylic acids is 1. The lowest BCUT2D eigenvalue weighted by Crippen LogP contribution is -2.39. The van der Waals surface area contributed by atoms with E-state index >= 15 is 0 Å². The molecule has 1 amide bonds. The summed E-state index contributed by atoms with van der Waals surface area (Å²) in [5, 5.41) is 0.585. The second kappa shape index (κ2) is 9.05. The van der Waals surface area contributed by atoms with Gasteiger partial charge >= 0.3 is 6.61 Å². The van der Waals surface area contributed by atoms with Gasteiger partial charge in [0.2, 0.25) is 0 Å². The molecule has 2 aromatic carbocycles. The molecule has 148 valence electrons. The zero-order valence-corrected chi connectivity index (χ0v) is 16.3. The van der Waals surface area contributed by atoms with Crippen LogP contribution >= 0.6 is 11.8 Å². The van der Waals surface area contributed by atoms with Crippen LogP contribution in [0.5, 0.6) is 11.5 Å². The normalized spacial score (nSPS) is 18.0. The van der Waals surface area contributed by atoms with Gasteiger partial charge in [-0.15, -0.1) is 0 Å². The maximum atomic E-state index is 13.1. The minimum atomic E-state index is -2.94. The molecule has 0 spiro atoms. The summed E-state index contributed by atoms with van der Waals surface area (Å²) < 4.78 is 34.5. The van der Waals surface area contributed by atoms with Gasteiger partial charge in [0.05, 0.1) is 12.8 Å². The highest BCUT2D eigenvalue weighted by molar-refractivity contribution is 8.14. The molecule has 0 saturated carbocycles. The lowest BCUT2D eigenvalue weighted by atomic mass is 10.1. The van der Waals surface area contributed by atoms with E-state index in [4.69, 9.17) is 4.74 Å². The van der Waals surface area contributed by atoms with E-state index in [1.807, 2.05) is 19.1 Å². The highest BCUT2D eigenvalue weighted by Crippen LogP contribution is 2.31. The zero-order valence-electron chi connectivity index (χ0n) is 15.5. The van der Waals surface area contributed by atoms with Crippen molar-refractivity contribution in [3.63, 3.8) is 0 Å². The van der Waals surface area contributed by atoms with Crippen molar-refractivity contribution in [3.8, 4) is 11.5 Å². The van der Waals surface area contributed by atoms with E-state index in [-0.39, 0.29) is 23.3 Å². The number of thioether (sulfide) groups is 1. The van der Waals surface area contributed by atoms with Crippen molar-refractivity contribution in [2.45, 2.75) is 26.0 Å². The van der Waals surface area contributed by atoms with Gasteiger partial charge in [-0.3, -0.25) is 9.69 Å². The van der Waals surface area contributed by atoms with Crippen LogP contribution < -0.4 is 9.47 Å². The molecule has 0 N–H and O–H groups in total. The maximum Gasteiger partial charge on any atom is 0.387 e. The molecule has 0 unspecified atom stereocenters. The number of halogens is 2. The minimum absolute atomic E-state index is 0.0193. The predicted molar refractivity (Wildman–Crippen MR) is 106 cm³/mol. The fourth-order valence-electron chi connectivity index (χ4n) is 2.82. The van der Waals surface area contributed by atoms with Gasteiger partial charge in [0.1, 0.15) is 11.5 Å². The van der Waals surface area contributed by atoms with Gasteiger partial charge in [-0.25, -0.2) is 4.99 Å². The van der Waals surface area contributed by atoms with E-state index in [2.05, 4.69) is 9.73 Å². The van der Waals surface area contributed by atoms with Crippen molar-refractivity contribution in [2.24, 2.45) is 4.99 Å². The molecule has 2 aromatic rings. The number of aliphatic imine (C=N–C) groups is 1. The molecular formula is C20H20F2N2O3S. The van der Waals surface area contributed by atoms with E-state index in [0.717, 1.165) is 17.9 Å². The molecular weight excluding hydrogens is 386 g/mol. The van der Waals surface area contributed by atoms with Crippen molar-refractivity contribution in [2.75, 3.05) is 12.9 Å². The average molecular weight is 406 g/mol. The van der Waals surface area contributed by atoms with E-state index in [0.29, 0.717) is 10.9 Å². The van der Waals surface area contributed by atoms with Crippen LogP contribution in [0.3, 0.4) is 0 Å². The number of amidine groups is 1. The Labute approximate surface area is 166 Å². The van der Waals surface area contributed by atoms with Crippen LogP contribution in [0.15, 0.2) is 53.5 Å². The first-order valence-corrected chi connectivity index (χ1v) is 9.74. The quantitative estimate of drug-likeness (QED) is 0.681. The molecule has 8 heteroatoms. The van der Waals surface area contributed by atoms with Gasteiger partial charge < -0.3 is 9.47 Å². The molecule has 1 aliphatic rings. The van der Waals surface area contributed by atoms with E-state index in [9.17, 15) is 13.6 Å². The molecule has 0 bridgehead atoms.